The number of rotatable bonds is 1. The SMILES string of the molecule is CC1CN(C2CCOCC2)CCC1N. The highest BCUT2D eigenvalue weighted by atomic mass is 16.5. The molecular weight excluding hydrogens is 176 g/mol. The molecular formula is C11H22N2O. The average Bonchev–Trinajstić information content (AvgIpc) is 2.23. The lowest BCUT2D eigenvalue weighted by Crippen LogP contribution is -2.51. The van der Waals surface area contributed by atoms with Crippen molar-refractivity contribution in [1.29, 1.82) is 0 Å². The number of nitrogens with two attached hydrogens (primary N) is 1. The first-order valence-electron chi connectivity index (χ1n) is 5.85. The van der Waals surface area contributed by atoms with Crippen molar-refractivity contribution in [1.82, 2.24) is 4.90 Å². The van der Waals surface area contributed by atoms with E-state index in [1.165, 1.54) is 32.4 Å². The van der Waals surface area contributed by atoms with Gasteiger partial charge in [-0.15, -0.1) is 0 Å². The standard InChI is InChI=1S/C11H22N2O/c1-9-8-13(5-2-11(9)12)10-3-6-14-7-4-10/h9-11H,2-8,12H2,1H3. The van der Waals surface area contributed by atoms with Crippen LogP contribution in [0, 0.1) is 5.92 Å². The zero-order valence-corrected chi connectivity index (χ0v) is 9.11. The Bertz CT molecular complexity index is 180. The van der Waals surface area contributed by atoms with Gasteiger partial charge in [0, 0.05) is 31.8 Å². The van der Waals surface area contributed by atoms with Gasteiger partial charge < -0.3 is 10.5 Å². The fraction of sp³-hybridized carbons (Fsp3) is 1.00. The van der Waals surface area contributed by atoms with Crippen molar-refractivity contribution in [2.24, 2.45) is 11.7 Å². The molecule has 2 N–H and O–H groups in total. The number of piperidine rings is 1. The van der Waals surface area contributed by atoms with Crippen LogP contribution in [0.2, 0.25) is 0 Å². The summed E-state index contributed by atoms with van der Waals surface area (Å²) in [5.41, 5.74) is 6.02. The first kappa shape index (κ1) is 10.4. The lowest BCUT2D eigenvalue weighted by molar-refractivity contribution is 0.0163. The first-order chi connectivity index (χ1) is 6.77. The summed E-state index contributed by atoms with van der Waals surface area (Å²) >= 11 is 0. The molecule has 0 spiro atoms. The predicted molar refractivity (Wildman–Crippen MR) is 57.2 cm³/mol. The van der Waals surface area contributed by atoms with Gasteiger partial charge in [-0.1, -0.05) is 6.92 Å². The van der Waals surface area contributed by atoms with Crippen LogP contribution in [0.4, 0.5) is 0 Å². The van der Waals surface area contributed by atoms with Gasteiger partial charge in [-0.2, -0.15) is 0 Å². The monoisotopic (exact) mass is 198 g/mol. The van der Waals surface area contributed by atoms with Crippen molar-refractivity contribution >= 4 is 0 Å². The van der Waals surface area contributed by atoms with Gasteiger partial charge in [0.2, 0.25) is 0 Å². The molecule has 2 aliphatic heterocycles. The van der Waals surface area contributed by atoms with Gasteiger partial charge >= 0.3 is 0 Å². The van der Waals surface area contributed by atoms with Crippen LogP contribution in [0.1, 0.15) is 26.2 Å². The molecule has 2 aliphatic rings. The molecule has 3 heteroatoms. The van der Waals surface area contributed by atoms with Crippen LogP contribution in [0.25, 0.3) is 0 Å². The fourth-order valence-corrected chi connectivity index (χ4v) is 2.58. The third-order valence-corrected chi connectivity index (χ3v) is 3.71. The normalized spacial score (nSPS) is 37.3. The van der Waals surface area contributed by atoms with Gasteiger partial charge in [-0.3, -0.25) is 4.90 Å². The summed E-state index contributed by atoms with van der Waals surface area (Å²) in [5, 5.41) is 0. The topological polar surface area (TPSA) is 38.5 Å². The maximum absolute atomic E-state index is 6.02. The van der Waals surface area contributed by atoms with Gasteiger partial charge in [0.15, 0.2) is 0 Å². The molecule has 82 valence electrons. The molecule has 3 nitrogen and oxygen atoms in total. The fourth-order valence-electron chi connectivity index (χ4n) is 2.58. The van der Waals surface area contributed by atoms with Gasteiger partial charge in [0.25, 0.3) is 0 Å². The van der Waals surface area contributed by atoms with E-state index in [0.717, 1.165) is 19.3 Å². The third kappa shape index (κ3) is 2.27. The van der Waals surface area contributed by atoms with E-state index in [0.29, 0.717) is 12.0 Å². The molecule has 0 aromatic heterocycles. The van der Waals surface area contributed by atoms with E-state index in [4.69, 9.17) is 10.5 Å². The summed E-state index contributed by atoms with van der Waals surface area (Å²) in [6.07, 6.45) is 3.59. The minimum absolute atomic E-state index is 0.422. The van der Waals surface area contributed by atoms with Crippen LogP contribution in [0.5, 0.6) is 0 Å². The molecule has 0 saturated carbocycles. The maximum Gasteiger partial charge on any atom is 0.0480 e. The van der Waals surface area contributed by atoms with Gasteiger partial charge in [-0.05, 0) is 31.7 Å². The Labute approximate surface area is 86.6 Å². The third-order valence-electron chi connectivity index (χ3n) is 3.71. The van der Waals surface area contributed by atoms with E-state index in [1.54, 1.807) is 0 Å². The average molecular weight is 198 g/mol. The minimum Gasteiger partial charge on any atom is -0.381 e. The highest BCUT2D eigenvalue weighted by molar-refractivity contribution is 4.84. The molecule has 14 heavy (non-hydrogen) atoms. The lowest BCUT2D eigenvalue weighted by atomic mass is 9.92. The van der Waals surface area contributed by atoms with E-state index in [9.17, 15) is 0 Å². The van der Waals surface area contributed by atoms with E-state index in [1.807, 2.05) is 0 Å². The molecule has 2 atom stereocenters. The molecule has 0 aliphatic carbocycles. The smallest absolute Gasteiger partial charge is 0.0480 e. The van der Waals surface area contributed by atoms with Crippen molar-refractivity contribution in [2.75, 3.05) is 26.3 Å². The quantitative estimate of drug-likeness (QED) is 0.678. The molecule has 2 saturated heterocycles. The molecule has 0 aromatic carbocycles. The van der Waals surface area contributed by atoms with Crippen molar-refractivity contribution in [2.45, 2.75) is 38.3 Å². The lowest BCUT2D eigenvalue weighted by Gasteiger charge is -2.41. The Kier molecular flexibility index (Phi) is 3.42. The van der Waals surface area contributed by atoms with E-state index in [2.05, 4.69) is 11.8 Å². The summed E-state index contributed by atoms with van der Waals surface area (Å²) in [4.78, 5) is 2.62. The van der Waals surface area contributed by atoms with Crippen molar-refractivity contribution in [3.8, 4) is 0 Å². The Morgan fingerprint density at radius 3 is 2.57 bits per heavy atom. The number of likely N-dealkylation sites (tertiary alicyclic amines) is 1. The van der Waals surface area contributed by atoms with Crippen LogP contribution in [0.3, 0.4) is 0 Å². The van der Waals surface area contributed by atoms with Crippen LogP contribution >= 0.6 is 0 Å². The second kappa shape index (κ2) is 4.60. The highest BCUT2D eigenvalue weighted by Crippen LogP contribution is 2.21. The van der Waals surface area contributed by atoms with Crippen molar-refractivity contribution in [3.63, 3.8) is 0 Å². The van der Waals surface area contributed by atoms with Crippen molar-refractivity contribution in [3.05, 3.63) is 0 Å². The van der Waals surface area contributed by atoms with E-state index < -0.39 is 0 Å². The molecule has 0 aromatic rings. The zero-order valence-electron chi connectivity index (χ0n) is 9.11. The number of hydrogen-bond acceptors (Lipinski definition) is 3. The molecule has 0 radical (unpaired) electrons. The largest absolute Gasteiger partial charge is 0.381 e. The zero-order chi connectivity index (χ0) is 9.97. The summed E-state index contributed by atoms with van der Waals surface area (Å²) in [6.45, 7) is 6.54. The Morgan fingerprint density at radius 2 is 1.93 bits per heavy atom. The Hall–Kier alpha value is -0.120. The first-order valence-corrected chi connectivity index (χ1v) is 5.85. The molecule has 2 fully saturated rings. The number of nitrogens with zero attached hydrogens (tertiary/aromatic N) is 1. The second-order valence-corrected chi connectivity index (χ2v) is 4.77. The summed E-state index contributed by atoms with van der Waals surface area (Å²) in [6, 6.07) is 1.18. The van der Waals surface area contributed by atoms with Crippen LogP contribution in [0.15, 0.2) is 0 Å². The van der Waals surface area contributed by atoms with Crippen LogP contribution in [-0.2, 0) is 4.74 Å². The van der Waals surface area contributed by atoms with Crippen LogP contribution in [-0.4, -0.2) is 43.3 Å². The maximum atomic E-state index is 6.02. The number of hydrogen-bond donors (Lipinski definition) is 1. The van der Waals surface area contributed by atoms with Crippen LogP contribution < -0.4 is 5.73 Å². The molecule has 2 rings (SSSR count). The van der Waals surface area contributed by atoms with Gasteiger partial charge in [0.1, 0.15) is 0 Å². The number of ether oxygens (including phenoxy) is 1. The van der Waals surface area contributed by atoms with E-state index >= 15 is 0 Å². The van der Waals surface area contributed by atoms with Gasteiger partial charge in [0.05, 0.1) is 0 Å². The summed E-state index contributed by atoms with van der Waals surface area (Å²) < 4.78 is 5.39. The van der Waals surface area contributed by atoms with Gasteiger partial charge in [-0.25, -0.2) is 0 Å². The highest BCUT2D eigenvalue weighted by Gasteiger charge is 2.28. The van der Waals surface area contributed by atoms with E-state index in [-0.39, 0.29) is 0 Å². The predicted octanol–water partition coefficient (Wildman–Crippen LogP) is 0.835. The Balaban J connectivity index is 1.85. The molecule has 0 amide bonds. The Morgan fingerprint density at radius 1 is 1.21 bits per heavy atom. The molecule has 2 heterocycles. The van der Waals surface area contributed by atoms with Crippen molar-refractivity contribution < 1.29 is 4.74 Å². The molecule has 2 unspecified atom stereocenters. The molecule has 0 bridgehead atoms. The summed E-state index contributed by atoms with van der Waals surface area (Å²) in [5.74, 6) is 0.659. The minimum atomic E-state index is 0.422. The second-order valence-electron chi connectivity index (χ2n) is 4.77. The summed E-state index contributed by atoms with van der Waals surface area (Å²) in [7, 11) is 0.